The van der Waals surface area contributed by atoms with Crippen LogP contribution in [0.5, 0.6) is 0 Å². The summed E-state index contributed by atoms with van der Waals surface area (Å²) in [4.78, 5) is 13.4. The zero-order chi connectivity index (χ0) is 13.0. The first-order valence-electron chi connectivity index (χ1n) is 5.39. The van der Waals surface area contributed by atoms with Crippen molar-refractivity contribution in [2.45, 2.75) is 19.9 Å². The van der Waals surface area contributed by atoms with Crippen LogP contribution in [0.2, 0.25) is 0 Å². The zero-order valence-corrected chi connectivity index (χ0v) is 11.7. The first kappa shape index (κ1) is 13.7. The maximum absolute atomic E-state index is 11.9. The predicted molar refractivity (Wildman–Crippen MR) is 70.1 cm³/mol. The molecule has 1 unspecified atom stereocenters. The molecule has 1 atom stereocenters. The molecule has 0 saturated carbocycles. The molecule has 3 nitrogen and oxygen atoms in total. The molecule has 0 fully saturated rings. The smallest absolute Gasteiger partial charge is 0.226 e. The fourth-order valence-corrected chi connectivity index (χ4v) is 2.01. The first-order valence-corrected chi connectivity index (χ1v) is 6.18. The Morgan fingerprint density at radius 1 is 1.47 bits per heavy atom. The number of halogens is 1. The average molecular weight is 295 g/mol. The highest BCUT2D eigenvalue weighted by Crippen LogP contribution is 2.23. The summed E-state index contributed by atoms with van der Waals surface area (Å²) in [5.41, 5.74) is 0.818. The lowest BCUT2D eigenvalue weighted by molar-refractivity contribution is -0.134. The predicted octanol–water partition coefficient (Wildman–Crippen LogP) is 3.13. The SMILES string of the molecule is CC(C)C(=O)N(C)C(C#N)c1cccc(Br)c1. The molecule has 17 heavy (non-hydrogen) atoms. The molecule has 0 aliphatic heterocycles. The number of hydrogen-bond donors (Lipinski definition) is 0. The Hall–Kier alpha value is -1.34. The molecule has 0 N–H and O–H groups in total. The standard InChI is InChI=1S/C13H15BrN2O/c1-9(2)13(17)16(3)12(8-15)10-5-4-6-11(14)7-10/h4-7,9,12H,1-3H3. The lowest BCUT2D eigenvalue weighted by atomic mass is 10.1. The van der Waals surface area contributed by atoms with Crippen LogP contribution in [0, 0.1) is 17.2 Å². The molecule has 1 aromatic rings. The van der Waals surface area contributed by atoms with Crippen LogP contribution >= 0.6 is 15.9 Å². The van der Waals surface area contributed by atoms with Crippen LogP contribution in [-0.2, 0) is 4.79 Å². The van der Waals surface area contributed by atoms with E-state index < -0.39 is 6.04 Å². The average Bonchev–Trinajstić information content (AvgIpc) is 2.28. The Morgan fingerprint density at radius 2 is 2.12 bits per heavy atom. The summed E-state index contributed by atoms with van der Waals surface area (Å²) in [5, 5.41) is 9.21. The van der Waals surface area contributed by atoms with Gasteiger partial charge in [-0.3, -0.25) is 4.79 Å². The number of carbonyl (C=O) groups excluding carboxylic acids is 1. The third-order valence-electron chi connectivity index (χ3n) is 2.52. The van der Waals surface area contributed by atoms with Crippen molar-refractivity contribution < 1.29 is 4.79 Å². The van der Waals surface area contributed by atoms with E-state index in [1.807, 2.05) is 38.1 Å². The minimum absolute atomic E-state index is 0.0310. The number of rotatable bonds is 3. The summed E-state index contributed by atoms with van der Waals surface area (Å²) in [5.74, 6) is -0.139. The van der Waals surface area contributed by atoms with Crippen LogP contribution in [0.3, 0.4) is 0 Å². The number of benzene rings is 1. The van der Waals surface area contributed by atoms with Gasteiger partial charge in [0, 0.05) is 17.4 Å². The van der Waals surface area contributed by atoms with E-state index in [-0.39, 0.29) is 11.8 Å². The Morgan fingerprint density at radius 3 is 2.59 bits per heavy atom. The molecule has 1 rings (SSSR count). The van der Waals surface area contributed by atoms with Gasteiger partial charge in [-0.15, -0.1) is 0 Å². The third kappa shape index (κ3) is 3.31. The zero-order valence-electron chi connectivity index (χ0n) is 10.1. The van der Waals surface area contributed by atoms with Gasteiger partial charge < -0.3 is 4.90 Å². The molecule has 0 spiro atoms. The van der Waals surface area contributed by atoms with Crippen LogP contribution < -0.4 is 0 Å². The van der Waals surface area contributed by atoms with Crippen LogP contribution in [0.4, 0.5) is 0 Å². The van der Waals surface area contributed by atoms with E-state index in [1.165, 1.54) is 4.90 Å². The highest BCUT2D eigenvalue weighted by Gasteiger charge is 2.23. The second-order valence-corrected chi connectivity index (χ2v) is 5.11. The molecule has 0 saturated heterocycles. The van der Waals surface area contributed by atoms with Crippen molar-refractivity contribution in [2.24, 2.45) is 5.92 Å². The van der Waals surface area contributed by atoms with Gasteiger partial charge in [-0.1, -0.05) is 41.9 Å². The van der Waals surface area contributed by atoms with E-state index in [2.05, 4.69) is 22.0 Å². The Bertz CT molecular complexity index is 451. The van der Waals surface area contributed by atoms with Crippen LogP contribution in [0.15, 0.2) is 28.7 Å². The fraction of sp³-hybridized carbons (Fsp3) is 0.385. The van der Waals surface area contributed by atoms with Gasteiger partial charge in [-0.25, -0.2) is 0 Å². The molecule has 0 aliphatic rings. The summed E-state index contributed by atoms with van der Waals surface area (Å²) in [7, 11) is 1.66. The highest BCUT2D eigenvalue weighted by atomic mass is 79.9. The van der Waals surface area contributed by atoms with Crippen LogP contribution in [0.25, 0.3) is 0 Å². The topological polar surface area (TPSA) is 44.1 Å². The Labute approximate surface area is 110 Å². The van der Waals surface area contributed by atoms with E-state index >= 15 is 0 Å². The number of nitriles is 1. The minimum Gasteiger partial charge on any atom is -0.326 e. The van der Waals surface area contributed by atoms with Crippen molar-refractivity contribution >= 4 is 21.8 Å². The van der Waals surface area contributed by atoms with Gasteiger partial charge >= 0.3 is 0 Å². The van der Waals surface area contributed by atoms with Crippen LogP contribution in [0.1, 0.15) is 25.5 Å². The fourth-order valence-electron chi connectivity index (χ4n) is 1.60. The van der Waals surface area contributed by atoms with Crippen molar-refractivity contribution in [3.05, 3.63) is 34.3 Å². The van der Waals surface area contributed by atoms with E-state index in [0.717, 1.165) is 10.0 Å². The summed E-state index contributed by atoms with van der Waals surface area (Å²) in [6.45, 7) is 3.66. The summed E-state index contributed by atoms with van der Waals surface area (Å²) in [6.07, 6.45) is 0. The third-order valence-corrected chi connectivity index (χ3v) is 3.01. The number of hydrogen-bond acceptors (Lipinski definition) is 2. The summed E-state index contributed by atoms with van der Waals surface area (Å²) in [6, 6.07) is 9.08. The molecule has 0 radical (unpaired) electrons. The lowest BCUT2D eigenvalue weighted by Gasteiger charge is -2.24. The second kappa shape index (κ2) is 5.83. The Kier molecular flexibility index (Phi) is 4.71. The maximum Gasteiger partial charge on any atom is 0.226 e. The molecule has 0 bridgehead atoms. The molecule has 90 valence electrons. The van der Waals surface area contributed by atoms with Gasteiger partial charge in [0.1, 0.15) is 6.04 Å². The lowest BCUT2D eigenvalue weighted by Crippen LogP contribution is -2.33. The van der Waals surface area contributed by atoms with E-state index in [0.29, 0.717) is 0 Å². The molecule has 1 amide bonds. The van der Waals surface area contributed by atoms with Gasteiger partial charge in [-0.05, 0) is 17.7 Å². The molecule has 0 aromatic heterocycles. The monoisotopic (exact) mass is 294 g/mol. The van der Waals surface area contributed by atoms with Gasteiger partial charge in [-0.2, -0.15) is 5.26 Å². The van der Waals surface area contributed by atoms with Crippen molar-refractivity contribution in [1.82, 2.24) is 4.90 Å². The molecule has 4 heteroatoms. The normalized spacial score (nSPS) is 12.0. The minimum atomic E-state index is -0.539. The van der Waals surface area contributed by atoms with Crippen molar-refractivity contribution in [3.63, 3.8) is 0 Å². The molecule has 0 heterocycles. The van der Waals surface area contributed by atoms with E-state index in [4.69, 9.17) is 0 Å². The van der Waals surface area contributed by atoms with E-state index in [9.17, 15) is 10.1 Å². The first-order chi connectivity index (χ1) is 7.97. The van der Waals surface area contributed by atoms with Crippen LogP contribution in [-0.4, -0.2) is 17.9 Å². The molecular weight excluding hydrogens is 280 g/mol. The number of nitrogens with zero attached hydrogens (tertiary/aromatic N) is 2. The highest BCUT2D eigenvalue weighted by molar-refractivity contribution is 9.10. The molecule has 0 aliphatic carbocycles. The van der Waals surface area contributed by atoms with Gasteiger partial charge in [0.2, 0.25) is 5.91 Å². The van der Waals surface area contributed by atoms with Crippen molar-refractivity contribution in [3.8, 4) is 6.07 Å². The van der Waals surface area contributed by atoms with Gasteiger partial charge in [0.15, 0.2) is 0 Å². The number of amides is 1. The second-order valence-electron chi connectivity index (χ2n) is 4.19. The summed E-state index contributed by atoms with van der Waals surface area (Å²) < 4.78 is 0.903. The quantitative estimate of drug-likeness (QED) is 0.860. The Balaban J connectivity index is 3.01. The molecule has 1 aromatic carbocycles. The summed E-state index contributed by atoms with van der Waals surface area (Å²) >= 11 is 3.36. The largest absolute Gasteiger partial charge is 0.326 e. The maximum atomic E-state index is 11.9. The van der Waals surface area contributed by atoms with Gasteiger partial charge in [0.25, 0.3) is 0 Å². The van der Waals surface area contributed by atoms with E-state index in [1.54, 1.807) is 7.05 Å². The van der Waals surface area contributed by atoms with Crippen molar-refractivity contribution in [1.29, 1.82) is 5.26 Å². The molecular formula is C13H15BrN2O. The van der Waals surface area contributed by atoms with Crippen molar-refractivity contribution in [2.75, 3.05) is 7.05 Å². The number of carbonyl (C=O) groups is 1. The van der Waals surface area contributed by atoms with Gasteiger partial charge in [0.05, 0.1) is 6.07 Å².